The summed E-state index contributed by atoms with van der Waals surface area (Å²) in [6.07, 6.45) is 0. The molecule has 0 aliphatic rings. The maximum atomic E-state index is 2.38. The van der Waals surface area contributed by atoms with Gasteiger partial charge in [0.1, 0.15) is 0 Å². The number of hydrogen-bond donors (Lipinski definition) is 0. The van der Waals surface area contributed by atoms with Crippen LogP contribution in [0.1, 0.15) is 0 Å². The van der Waals surface area contributed by atoms with Gasteiger partial charge in [0.15, 0.2) is 0 Å². The molecular weight excluding hydrogens is 677 g/mol. The van der Waals surface area contributed by atoms with Gasteiger partial charge in [0, 0.05) is 33.4 Å². The monoisotopic (exact) mass is 714 g/mol. The molecule has 0 fully saturated rings. The lowest BCUT2D eigenvalue weighted by Gasteiger charge is -2.28. The van der Waals surface area contributed by atoms with Crippen molar-refractivity contribution in [2.45, 2.75) is 0 Å². The van der Waals surface area contributed by atoms with Crippen LogP contribution in [0.4, 0.5) is 17.1 Å². The molecule has 0 N–H and O–H groups in total. The summed E-state index contributed by atoms with van der Waals surface area (Å²) in [6.45, 7) is 0. The molecule has 0 bridgehead atoms. The zero-order valence-corrected chi connectivity index (χ0v) is 30.8. The second-order valence-electron chi connectivity index (χ2n) is 14.2. The molecule has 264 valence electrons. The van der Waals surface area contributed by atoms with E-state index in [2.05, 4.69) is 240 Å². The van der Waals surface area contributed by atoms with E-state index in [1.54, 1.807) is 0 Å². The minimum absolute atomic E-state index is 1.09. The standard InChI is InChI=1S/C54H38N2/c1-3-15-39(16-4-1)43-19-13-20-44(37-43)40-29-33-46(34-30-40)55(52-26-10-7-23-49(52)42-17-5-2-6-18-42)47-35-31-41(32-36-47)45-21-14-22-48(38-45)56-53-27-11-8-24-50(53)51-25-9-12-28-54(51)56/h1-38H. The Morgan fingerprint density at radius 2 is 0.714 bits per heavy atom. The second kappa shape index (κ2) is 14.4. The molecule has 9 aromatic carbocycles. The third kappa shape index (κ3) is 6.14. The molecule has 1 heterocycles. The van der Waals surface area contributed by atoms with Crippen molar-refractivity contribution in [3.8, 4) is 50.2 Å². The number of rotatable bonds is 8. The maximum absolute atomic E-state index is 2.38. The summed E-state index contributed by atoms with van der Waals surface area (Å²) in [5.74, 6) is 0. The van der Waals surface area contributed by atoms with Gasteiger partial charge in [-0.15, -0.1) is 0 Å². The second-order valence-corrected chi connectivity index (χ2v) is 14.2. The van der Waals surface area contributed by atoms with Crippen LogP contribution < -0.4 is 4.90 Å². The molecule has 0 radical (unpaired) electrons. The smallest absolute Gasteiger partial charge is 0.0541 e. The first-order valence-electron chi connectivity index (χ1n) is 19.2. The van der Waals surface area contributed by atoms with Gasteiger partial charge in [-0.1, -0.05) is 170 Å². The zero-order chi connectivity index (χ0) is 37.3. The Labute approximate surface area is 327 Å². The third-order valence-electron chi connectivity index (χ3n) is 10.8. The van der Waals surface area contributed by atoms with Crippen LogP contribution in [0.15, 0.2) is 231 Å². The van der Waals surface area contributed by atoms with Crippen LogP contribution in [0.2, 0.25) is 0 Å². The molecule has 0 amide bonds. The van der Waals surface area contributed by atoms with Gasteiger partial charge in [-0.3, -0.25) is 0 Å². The Balaban J connectivity index is 1.04. The molecule has 0 spiro atoms. The molecular formula is C54H38N2. The van der Waals surface area contributed by atoms with Crippen LogP contribution in [-0.4, -0.2) is 4.57 Å². The van der Waals surface area contributed by atoms with Gasteiger partial charge in [0.05, 0.1) is 16.7 Å². The highest BCUT2D eigenvalue weighted by Gasteiger charge is 2.18. The summed E-state index contributed by atoms with van der Waals surface area (Å²) in [7, 11) is 0. The van der Waals surface area contributed by atoms with Gasteiger partial charge in [-0.2, -0.15) is 0 Å². The van der Waals surface area contributed by atoms with E-state index >= 15 is 0 Å². The zero-order valence-electron chi connectivity index (χ0n) is 30.8. The third-order valence-corrected chi connectivity index (χ3v) is 10.8. The number of para-hydroxylation sites is 3. The highest BCUT2D eigenvalue weighted by atomic mass is 15.1. The van der Waals surface area contributed by atoms with E-state index in [4.69, 9.17) is 0 Å². The quantitative estimate of drug-likeness (QED) is 0.152. The minimum atomic E-state index is 1.09. The van der Waals surface area contributed by atoms with Crippen molar-refractivity contribution < 1.29 is 0 Å². The van der Waals surface area contributed by atoms with Gasteiger partial charge in [-0.05, 0) is 99.6 Å². The molecule has 2 nitrogen and oxygen atoms in total. The van der Waals surface area contributed by atoms with E-state index in [-0.39, 0.29) is 0 Å². The summed E-state index contributed by atoms with van der Waals surface area (Å²) in [5, 5.41) is 2.53. The van der Waals surface area contributed by atoms with E-state index in [0.29, 0.717) is 0 Å². The van der Waals surface area contributed by atoms with Crippen molar-refractivity contribution in [1.29, 1.82) is 0 Å². The molecule has 0 saturated carbocycles. The molecule has 0 aliphatic heterocycles. The molecule has 0 aliphatic carbocycles. The van der Waals surface area contributed by atoms with Crippen LogP contribution >= 0.6 is 0 Å². The molecule has 56 heavy (non-hydrogen) atoms. The van der Waals surface area contributed by atoms with Crippen molar-refractivity contribution in [3.63, 3.8) is 0 Å². The number of hydrogen-bond acceptors (Lipinski definition) is 1. The van der Waals surface area contributed by atoms with Crippen LogP contribution in [0.25, 0.3) is 72.0 Å². The Bertz CT molecular complexity index is 2890. The predicted octanol–water partition coefficient (Wildman–Crippen LogP) is 14.9. The average molecular weight is 715 g/mol. The Morgan fingerprint density at radius 3 is 1.30 bits per heavy atom. The van der Waals surface area contributed by atoms with Gasteiger partial charge in [0.25, 0.3) is 0 Å². The van der Waals surface area contributed by atoms with Crippen LogP contribution in [0, 0.1) is 0 Å². The highest BCUT2D eigenvalue weighted by molar-refractivity contribution is 6.09. The summed E-state index contributed by atoms with van der Waals surface area (Å²) >= 11 is 0. The van der Waals surface area contributed by atoms with E-state index in [9.17, 15) is 0 Å². The lowest BCUT2D eigenvalue weighted by Crippen LogP contribution is -2.11. The number of benzene rings is 9. The van der Waals surface area contributed by atoms with Gasteiger partial charge in [-0.25, -0.2) is 0 Å². The Morgan fingerprint density at radius 1 is 0.286 bits per heavy atom. The normalized spacial score (nSPS) is 11.2. The van der Waals surface area contributed by atoms with Gasteiger partial charge >= 0.3 is 0 Å². The van der Waals surface area contributed by atoms with Crippen LogP contribution in [0.5, 0.6) is 0 Å². The van der Waals surface area contributed by atoms with Crippen molar-refractivity contribution in [2.75, 3.05) is 4.90 Å². The average Bonchev–Trinajstić information content (AvgIpc) is 3.62. The summed E-state index contributed by atoms with van der Waals surface area (Å²) in [4.78, 5) is 2.38. The molecule has 2 heteroatoms. The SMILES string of the molecule is c1ccc(-c2cccc(-c3ccc(N(c4ccc(-c5cccc(-n6c7ccccc7c7ccccc76)c5)cc4)c4ccccc4-c4ccccc4)cc3)c2)cc1. The fourth-order valence-electron chi connectivity index (χ4n) is 8.10. The van der Waals surface area contributed by atoms with Crippen LogP contribution in [-0.2, 0) is 0 Å². The van der Waals surface area contributed by atoms with E-state index in [1.807, 2.05) is 0 Å². The molecule has 0 unspecified atom stereocenters. The number of anilines is 3. The first-order valence-corrected chi connectivity index (χ1v) is 19.2. The van der Waals surface area contributed by atoms with Gasteiger partial charge < -0.3 is 9.47 Å². The molecule has 10 aromatic rings. The lowest BCUT2D eigenvalue weighted by molar-refractivity contribution is 1.18. The van der Waals surface area contributed by atoms with Crippen molar-refractivity contribution in [1.82, 2.24) is 4.57 Å². The fraction of sp³-hybridized carbons (Fsp3) is 0. The topological polar surface area (TPSA) is 8.17 Å². The first kappa shape index (κ1) is 33.2. The largest absolute Gasteiger partial charge is 0.310 e. The number of aromatic nitrogens is 1. The van der Waals surface area contributed by atoms with Crippen LogP contribution in [0.3, 0.4) is 0 Å². The highest BCUT2D eigenvalue weighted by Crippen LogP contribution is 2.42. The predicted molar refractivity (Wildman–Crippen MR) is 237 cm³/mol. The van der Waals surface area contributed by atoms with Gasteiger partial charge in [0.2, 0.25) is 0 Å². The molecule has 1 aromatic heterocycles. The van der Waals surface area contributed by atoms with E-state index in [1.165, 1.54) is 66.3 Å². The summed E-state index contributed by atoms with van der Waals surface area (Å²) in [6, 6.07) is 83.0. The number of nitrogens with zero attached hydrogens (tertiary/aromatic N) is 2. The molecule has 0 atom stereocenters. The minimum Gasteiger partial charge on any atom is -0.310 e. The Hall–Kier alpha value is -7.42. The maximum Gasteiger partial charge on any atom is 0.0541 e. The lowest BCUT2D eigenvalue weighted by atomic mass is 9.98. The summed E-state index contributed by atoms with van der Waals surface area (Å²) in [5.41, 5.74) is 16.4. The van der Waals surface area contributed by atoms with E-state index in [0.717, 1.165) is 22.7 Å². The number of fused-ring (bicyclic) bond motifs is 3. The van der Waals surface area contributed by atoms with Crippen molar-refractivity contribution in [2.24, 2.45) is 0 Å². The Kier molecular flexibility index (Phi) is 8.55. The molecule has 10 rings (SSSR count). The van der Waals surface area contributed by atoms with Crippen molar-refractivity contribution >= 4 is 38.9 Å². The van der Waals surface area contributed by atoms with E-state index < -0.39 is 0 Å². The fourth-order valence-corrected chi connectivity index (χ4v) is 8.10. The summed E-state index contributed by atoms with van der Waals surface area (Å²) < 4.78 is 2.38. The molecule has 0 saturated heterocycles. The first-order chi connectivity index (χ1) is 27.8. The van der Waals surface area contributed by atoms with Crippen molar-refractivity contribution in [3.05, 3.63) is 231 Å².